The zero-order chi connectivity index (χ0) is 25.5. The molecule has 1 aromatic heterocycles. The number of aromatic nitrogens is 1. The zero-order valence-corrected chi connectivity index (χ0v) is 20.2. The summed E-state index contributed by atoms with van der Waals surface area (Å²) in [6.45, 7) is 0.590. The van der Waals surface area contributed by atoms with E-state index in [1.54, 1.807) is 30.3 Å². The Hall–Kier alpha value is -3.97. The van der Waals surface area contributed by atoms with Crippen molar-refractivity contribution in [3.05, 3.63) is 89.9 Å². The van der Waals surface area contributed by atoms with E-state index >= 15 is 0 Å². The molecule has 36 heavy (non-hydrogen) atoms. The quantitative estimate of drug-likeness (QED) is 0.200. The van der Waals surface area contributed by atoms with E-state index in [2.05, 4.69) is 22.1 Å². The summed E-state index contributed by atoms with van der Waals surface area (Å²) in [5.74, 6) is -0.615. The van der Waals surface area contributed by atoms with Crippen molar-refractivity contribution in [1.29, 1.82) is 5.41 Å². The molecule has 0 saturated heterocycles. The first kappa shape index (κ1) is 25.1. The van der Waals surface area contributed by atoms with Gasteiger partial charge in [0.2, 0.25) is 0 Å². The highest BCUT2D eigenvalue weighted by Crippen LogP contribution is 2.27. The van der Waals surface area contributed by atoms with E-state index in [1.165, 1.54) is 19.4 Å². The first-order valence-corrected chi connectivity index (χ1v) is 12.0. The molecule has 0 aliphatic carbocycles. The van der Waals surface area contributed by atoms with Crippen LogP contribution in [0, 0.1) is 11.2 Å². The summed E-state index contributed by atoms with van der Waals surface area (Å²) in [7, 11) is 1.41. The van der Waals surface area contributed by atoms with Gasteiger partial charge in [0.15, 0.2) is 11.6 Å². The zero-order valence-electron chi connectivity index (χ0n) is 20.2. The van der Waals surface area contributed by atoms with E-state index < -0.39 is 11.9 Å². The van der Waals surface area contributed by atoms with Crippen LogP contribution in [0.4, 0.5) is 4.39 Å². The predicted octanol–water partition coefficient (Wildman–Crippen LogP) is 5.22. The van der Waals surface area contributed by atoms with Crippen molar-refractivity contribution in [2.24, 2.45) is 0 Å². The highest BCUT2D eigenvalue weighted by Gasteiger charge is 2.17. The number of nitrogens with one attached hydrogen (secondary N) is 2. The van der Waals surface area contributed by atoms with Crippen LogP contribution in [0.3, 0.4) is 0 Å². The van der Waals surface area contributed by atoms with Gasteiger partial charge in [-0.05, 0) is 72.5 Å². The van der Waals surface area contributed by atoms with Gasteiger partial charge in [-0.3, -0.25) is 4.79 Å². The minimum Gasteiger partial charge on any atom is -0.494 e. The number of amides is 1. The number of carbonyl (C=O) groups is 1. The molecule has 4 rings (SSSR count). The Morgan fingerprint density at radius 2 is 1.94 bits per heavy atom. The number of rotatable bonds is 11. The summed E-state index contributed by atoms with van der Waals surface area (Å²) in [5, 5.41) is 21.3. The summed E-state index contributed by atoms with van der Waals surface area (Å²) in [5.41, 5.74) is 3.91. The molecule has 1 atom stereocenters. The molecule has 0 unspecified atom stereocenters. The number of fused-ring (bicyclic) bond motifs is 1. The molecule has 0 radical (unpaired) electrons. The number of aliphatic hydroxyl groups is 1. The summed E-state index contributed by atoms with van der Waals surface area (Å²) >= 11 is 0. The van der Waals surface area contributed by atoms with Gasteiger partial charge >= 0.3 is 0 Å². The summed E-state index contributed by atoms with van der Waals surface area (Å²) in [6, 6.07) is 19.3. The van der Waals surface area contributed by atoms with Crippen LogP contribution < -0.4 is 10.1 Å². The molecule has 4 aromatic rings. The van der Waals surface area contributed by atoms with E-state index in [-0.39, 0.29) is 18.3 Å². The van der Waals surface area contributed by atoms with Gasteiger partial charge in [-0.15, -0.1) is 0 Å². The molecular weight excluding hydrogens is 457 g/mol. The number of ether oxygens (including phenoxy) is 1. The number of unbranched alkanes of at least 4 members (excludes halogenated alkanes) is 1. The number of hydrogen-bond acceptors (Lipinski definition) is 4. The SMILES string of the molecule is COc1ccc(-c2cccc(C(=O)N[C@@H](CO)Cc3cn(CCCC=N)c4ccccc34)c2)cc1F. The van der Waals surface area contributed by atoms with Crippen molar-refractivity contribution in [3.63, 3.8) is 0 Å². The molecule has 0 spiro atoms. The maximum absolute atomic E-state index is 14.2. The van der Waals surface area contributed by atoms with Crippen molar-refractivity contribution in [3.8, 4) is 16.9 Å². The molecule has 0 aliphatic rings. The first-order chi connectivity index (χ1) is 17.5. The van der Waals surface area contributed by atoms with Gasteiger partial charge in [-0.25, -0.2) is 4.39 Å². The highest BCUT2D eigenvalue weighted by atomic mass is 19.1. The third-order valence-electron chi connectivity index (χ3n) is 6.25. The Labute approximate surface area is 209 Å². The van der Waals surface area contributed by atoms with Gasteiger partial charge in [0.05, 0.1) is 19.8 Å². The second kappa shape index (κ2) is 11.6. The Morgan fingerprint density at radius 3 is 2.69 bits per heavy atom. The lowest BCUT2D eigenvalue weighted by atomic mass is 10.0. The standard InChI is InChI=1S/C29H30FN3O3/c1-36-28-12-11-21(17-26(28)30)20-7-6-8-22(15-20)29(35)32-24(19-34)16-23-18-33(14-5-4-13-31)27-10-3-2-9-25(23)27/h2-3,6-13,15,17-18,24,31,34H,4-5,14,16,19H2,1H3,(H,32,35)/t24-/m1/s1. The van der Waals surface area contributed by atoms with Crippen LogP contribution in [0.2, 0.25) is 0 Å². The number of methoxy groups -OCH3 is 1. The van der Waals surface area contributed by atoms with Crippen LogP contribution in [0.25, 0.3) is 22.0 Å². The number of aryl methyl sites for hydroxylation is 1. The fourth-order valence-corrected chi connectivity index (χ4v) is 4.42. The lowest BCUT2D eigenvalue weighted by Gasteiger charge is -2.16. The Bertz CT molecular complexity index is 1370. The number of aliphatic hydroxyl groups excluding tert-OH is 1. The average Bonchev–Trinajstić information content (AvgIpc) is 3.25. The first-order valence-electron chi connectivity index (χ1n) is 12.0. The van der Waals surface area contributed by atoms with Crippen molar-refractivity contribution >= 4 is 23.0 Å². The van der Waals surface area contributed by atoms with Gasteiger partial charge in [0.25, 0.3) is 5.91 Å². The maximum Gasteiger partial charge on any atom is 0.251 e. The molecular formula is C29H30FN3O3. The van der Waals surface area contributed by atoms with Crippen LogP contribution in [0.5, 0.6) is 5.75 Å². The van der Waals surface area contributed by atoms with E-state index in [9.17, 15) is 14.3 Å². The van der Waals surface area contributed by atoms with Gasteiger partial charge in [0, 0.05) is 29.2 Å². The van der Waals surface area contributed by atoms with E-state index in [1.807, 2.05) is 24.3 Å². The second-order valence-corrected chi connectivity index (χ2v) is 8.70. The Morgan fingerprint density at radius 1 is 1.14 bits per heavy atom. The number of benzene rings is 3. The molecule has 0 fully saturated rings. The number of hydrogen-bond donors (Lipinski definition) is 3. The van der Waals surface area contributed by atoms with Crippen LogP contribution >= 0.6 is 0 Å². The van der Waals surface area contributed by atoms with Gasteiger partial charge in [-0.1, -0.05) is 36.4 Å². The van der Waals surface area contributed by atoms with Crippen LogP contribution in [0.15, 0.2) is 72.9 Å². The lowest BCUT2D eigenvalue weighted by Crippen LogP contribution is -2.39. The number of halogens is 1. The fraction of sp³-hybridized carbons (Fsp3) is 0.241. The lowest BCUT2D eigenvalue weighted by molar-refractivity contribution is 0.0916. The normalized spacial score (nSPS) is 11.9. The minimum absolute atomic E-state index is 0.162. The number of carbonyl (C=O) groups excluding carboxylic acids is 1. The second-order valence-electron chi connectivity index (χ2n) is 8.70. The minimum atomic E-state index is -0.472. The van der Waals surface area contributed by atoms with Crippen LogP contribution in [0.1, 0.15) is 28.8 Å². The topological polar surface area (TPSA) is 87.3 Å². The predicted molar refractivity (Wildman–Crippen MR) is 140 cm³/mol. The van der Waals surface area contributed by atoms with Gasteiger partial charge in [0.1, 0.15) is 0 Å². The van der Waals surface area contributed by atoms with E-state index in [0.717, 1.165) is 35.9 Å². The molecule has 0 aliphatic heterocycles. The summed E-state index contributed by atoms with van der Waals surface area (Å²) in [4.78, 5) is 13.1. The average molecular weight is 488 g/mol. The molecule has 0 bridgehead atoms. The molecule has 3 N–H and O–H groups in total. The van der Waals surface area contributed by atoms with Crippen LogP contribution in [-0.4, -0.2) is 41.6 Å². The van der Waals surface area contributed by atoms with E-state index in [0.29, 0.717) is 23.1 Å². The van der Waals surface area contributed by atoms with Crippen molar-refractivity contribution < 1.29 is 19.0 Å². The molecule has 186 valence electrons. The Balaban J connectivity index is 1.51. The van der Waals surface area contributed by atoms with Crippen LogP contribution in [-0.2, 0) is 13.0 Å². The third kappa shape index (κ3) is 5.63. The molecule has 0 saturated carbocycles. The van der Waals surface area contributed by atoms with Crippen molar-refractivity contribution in [2.75, 3.05) is 13.7 Å². The molecule has 1 amide bonds. The fourth-order valence-electron chi connectivity index (χ4n) is 4.42. The molecule has 6 nitrogen and oxygen atoms in total. The van der Waals surface area contributed by atoms with Crippen molar-refractivity contribution in [1.82, 2.24) is 9.88 Å². The molecule has 7 heteroatoms. The smallest absolute Gasteiger partial charge is 0.251 e. The summed E-state index contributed by atoms with van der Waals surface area (Å²) in [6.07, 6.45) is 5.56. The number of para-hydroxylation sites is 1. The Kier molecular flexibility index (Phi) is 8.13. The maximum atomic E-state index is 14.2. The van der Waals surface area contributed by atoms with Gasteiger partial charge < -0.3 is 25.1 Å². The third-order valence-corrected chi connectivity index (χ3v) is 6.25. The summed E-state index contributed by atoms with van der Waals surface area (Å²) < 4.78 is 21.3. The van der Waals surface area contributed by atoms with E-state index in [4.69, 9.17) is 10.1 Å². The molecule has 1 heterocycles. The monoisotopic (exact) mass is 487 g/mol. The van der Waals surface area contributed by atoms with Crippen molar-refractivity contribution in [2.45, 2.75) is 31.8 Å². The highest BCUT2D eigenvalue weighted by molar-refractivity contribution is 5.95. The number of nitrogens with zero attached hydrogens (tertiary/aromatic N) is 1. The van der Waals surface area contributed by atoms with Gasteiger partial charge in [-0.2, -0.15) is 0 Å². The molecule has 3 aromatic carbocycles. The largest absolute Gasteiger partial charge is 0.494 e.